The summed E-state index contributed by atoms with van der Waals surface area (Å²) in [5, 5.41) is 2.68. The highest BCUT2D eigenvalue weighted by atomic mass is 19.1. The monoisotopic (exact) mass is 390 g/mol. The molecule has 28 heavy (non-hydrogen) atoms. The number of nitrogens with zero attached hydrogens (tertiary/aromatic N) is 4. The number of fused-ring (bicyclic) bond motifs is 1. The van der Waals surface area contributed by atoms with Crippen molar-refractivity contribution in [2.24, 2.45) is 0 Å². The summed E-state index contributed by atoms with van der Waals surface area (Å²) < 4.78 is 33.9. The van der Waals surface area contributed by atoms with Crippen LogP contribution in [0.25, 0.3) is 11.2 Å². The van der Waals surface area contributed by atoms with Crippen molar-refractivity contribution in [3.8, 4) is 0 Å². The van der Waals surface area contributed by atoms with E-state index in [-0.39, 0.29) is 25.3 Å². The molecule has 1 aromatic carbocycles. The lowest BCUT2D eigenvalue weighted by Gasteiger charge is -2.08. The van der Waals surface area contributed by atoms with Gasteiger partial charge in [-0.1, -0.05) is 6.07 Å². The SMILES string of the molecule is Nc1ncnc2c1ncn2CCCCOC(=O)CNCc1c(F)cccc1F. The normalized spacial score (nSPS) is 11.1. The lowest BCUT2D eigenvalue weighted by molar-refractivity contribution is -0.142. The van der Waals surface area contributed by atoms with Crippen LogP contribution >= 0.6 is 0 Å². The van der Waals surface area contributed by atoms with Gasteiger partial charge in [-0.05, 0) is 25.0 Å². The number of halogens is 2. The predicted molar refractivity (Wildman–Crippen MR) is 98.0 cm³/mol. The fourth-order valence-corrected chi connectivity index (χ4v) is 2.67. The van der Waals surface area contributed by atoms with Gasteiger partial charge in [0.1, 0.15) is 23.5 Å². The van der Waals surface area contributed by atoms with E-state index < -0.39 is 17.6 Å². The van der Waals surface area contributed by atoms with E-state index in [1.807, 2.05) is 4.57 Å². The minimum Gasteiger partial charge on any atom is -0.465 e. The third-order valence-electron chi connectivity index (χ3n) is 4.12. The average Bonchev–Trinajstić information content (AvgIpc) is 3.08. The molecule has 0 unspecified atom stereocenters. The quantitative estimate of drug-likeness (QED) is 0.424. The summed E-state index contributed by atoms with van der Waals surface area (Å²) in [6.45, 7) is 0.677. The number of aromatic nitrogens is 4. The summed E-state index contributed by atoms with van der Waals surface area (Å²) in [6, 6.07) is 3.63. The maximum absolute atomic E-state index is 13.5. The molecule has 148 valence electrons. The number of nitrogens with one attached hydrogen (secondary N) is 1. The van der Waals surface area contributed by atoms with Gasteiger partial charge in [-0.15, -0.1) is 0 Å². The standard InChI is InChI=1S/C18H20F2N6O2/c19-13-4-3-5-14(20)12(13)8-22-9-15(27)28-7-2-1-6-26-11-25-16-17(21)23-10-24-18(16)26/h3-5,10-11,22H,1-2,6-9H2,(H2,21,23,24). The van der Waals surface area contributed by atoms with Gasteiger partial charge in [0.2, 0.25) is 0 Å². The van der Waals surface area contributed by atoms with E-state index in [0.29, 0.717) is 29.9 Å². The van der Waals surface area contributed by atoms with Crippen molar-refractivity contribution in [3.63, 3.8) is 0 Å². The number of carbonyl (C=O) groups is 1. The number of rotatable bonds is 9. The van der Waals surface area contributed by atoms with Crippen LogP contribution in [-0.2, 0) is 22.6 Å². The van der Waals surface area contributed by atoms with E-state index in [9.17, 15) is 13.6 Å². The van der Waals surface area contributed by atoms with Crippen LogP contribution in [0.4, 0.5) is 14.6 Å². The summed E-state index contributed by atoms with van der Waals surface area (Å²) in [5.41, 5.74) is 6.86. The van der Waals surface area contributed by atoms with Gasteiger partial charge in [-0.25, -0.2) is 23.7 Å². The number of nitrogens with two attached hydrogens (primary N) is 1. The topological polar surface area (TPSA) is 108 Å². The molecular formula is C18H20F2N6O2. The Labute approximate surface area is 159 Å². The Morgan fingerprint density at radius 2 is 1.96 bits per heavy atom. The number of hydrogen-bond donors (Lipinski definition) is 2. The van der Waals surface area contributed by atoms with Crippen LogP contribution in [0.15, 0.2) is 30.9 Å². The molecule has 0 saturated carbocycles. The van der Waals surface area contributed by atoms with E-state index in [4.69, 9.17) is 10.5 Å². The number of hydrogen-bond acceptors (Lipinski definition) is 7. The Kier molecular flexibility index (Phi) is 6.43. The highest BCUT2D eigenvalue weighted by Crippen LogP contribution is 2.14. The van der Waals surface area contributed by atoms with Crippen LogP contribution < -0.4 is 11.1 Å². The minimum atomic E-state index is -0.653. The van der Waals surface area contributed by atoms with Gasteiger partial charge in [-0.2, -0.15) is 0 Å². The largest absolute Gasteiger partial charge is 0.465 e. The van der Waals surface area contributed by atoms with Crippen LogP contribution in [0, 0.1) is 11.6 Å². The van der Waals surface area contributed by atoms with Crippen molar-refractivity contribution in [1.82, 2.24) is 24.8 Å². The highest BCUT2D eigenvalue weighted by Gasteiger charge is 2.10. The predicted octanol–water partition coefficient (Wildman–Crippen LogP) is 1.80. The molecular weight excluding hydrogens is 370 g/mol. The van der Waals surface area contributed by atoms with Crippen molar-refractivity contribution in [1.29, 1.82) is 0 Å². The first kappa shape index (κ1) is 19.6. The second-order valence-electron chi connectivity index (χ2n) is 6.10. The summed E-state index contributed by atoms with van der Waals surface area (Å²) in [5.74, 6) is -1.45. The first-order valence-electron chi connectivity index (χ1n) is 8.77. The molecule has 0 fully saturated rings. The third kappa shape index (κ3) is 4.77. The zero-order valence-corrected chi connectivity index (χ0v) is 15.1. The van der Waals surface area contributed by atoms with E-state index in [1.165, 1.54) is 24.5 Å². The summed E-state index contributed by atoms with van der Waals surface area (Å²) in [4.78, 5) is 23.9. The number of imidazole rings is 1. The second kappa shape index (κ2) is 9.18. The van der Waals surface area contributed by atoms with Crippen LogP contribution in [0.5, 0.6) is 0 Å². The smallest absolute Gasteiger partial charge is 0.319 e. The Bertz CT molecular complexity index is 942. The number of ether oxygens (including phenoxy) is 1. The first-order valence-corrected chi connectivity index (χ1v) is 8.77. The van der Waals surface area contributed by atoms with Gasteiger partial charge in [-0.3, -0.25) is 4.79 Å². The molecule has 0 aliphatic rings. The van der Waals surface area contributed by atoms with Crippen molar-refractivity contribution in [2.75, 3.05) is 18.9 Å². The molecule has 0 amide bonds. The zero-order valence-electron chi connectivity index (χ0n) is 15.1. The molecule has 0 atom stereocenters. The Hall–Kier alpha value is -3.14. The van der Waals surface area contributed by atoms with Gasteiger partial charge in [0.05, 0.1) is 19.5 Å². The molecule has 8 nitrogen and oxygen atoms in total. The van der Waals surface area contributed by atoms with Gasteiger partial charge in [0.15, 0.2) is 11.5 Å². The number of benzene rings is 1. The number of nitrogen functional groups attached to an aromatic ring is 1. The van der Waals surface area contributed by atoms with Crippen LogP contribution in [0.3, 0.4) is 0 Å². The Balaban J connectivity index is 1.34. The van der Waals surface area contributed by atoms with Crippen LogP contribution in [0.2, 0.25) is 0 Å². The lowest BCUT2D eigenvalue weighted by Crippen LogP contribution is -2.25. The molecule has 0 saturated heterocycles. The second-order valence-corrected chi connectivity index (χ2v) is 6.10. The molecule has 0 bridgehead atoms. The number of unbranched alkanes of at least 4 members (excludes halogenated alkanes) is 1. The van der Waals surface area contributed by atoms with E-state index in [1.54, 1.807) is 6.33 Å². The molecule has 2 heterocycles. The maximum atomic E-state index is 13.5. The van der Waals surface area contributed by atoms with Gasteiger partial charge in [0, 0.05) is 18.7 Å². The van der Waals surface area contributed by atoms with Crippen LogP contribution in [-0.4, -0.2) is 38.6 Å². The van der Waals surface area contributed by atoms with Crippen molar-refractivity contribution in [3.05, 3.63) is 48.1 Å². The molecule has 3 aromatic rings. The third-order valence-corrected chi connectivity index (χ3v) is 4.12. The first-order chi connectivity index (χ1) is 13.6. The minimum absolute atomic E-state index is 0.0910. The summed E-state index contributed by atoms with van der Waals surface area (Å²) in [7, 11) is 0. The molecule has 0 spiro atoms. The van der Waals surface area contributed by atoms with Gasteiger partial charge in [0.25, 0.3) is 0 Å². The van der Waals surface area contributed by atoms with Crippen LogP contribution in [0.1, 0.15) is 18.4 Å². The summed E-state index contributed by atoms with van der Waals surface area (Å²) >= 11 is 0. The van der Waals surface area contributed by atoms with Crippen molar-refractivity contribution < 1.29 is 18.3 Å². The van der Waals surface area contributed by atoms with Gasteiger partial charge < -0.3 is 20.4 Å². The van der Waals surface area contributed by atoms with Gasteiger partial charge >= 0.3 is 5.97 Å². The number of carbonyl (C=O) groups excluding carboxylic acids is 1. The molecule has 0 aliphatic heterocycles. The lowest BCUT2D eigenvalue weighted by atomic mass is 10.2. The summed E-state index contributed by atoms with van der Waals surface area (Å²) in [6.07, 6.45) is 4.43. The molecule has 0 radical (unpaired) electrons. The van der Waals surface area contributed by atoms with Crippen molar-refractivity contribution >= 4 is 23.0 Å². The van der Waals surface area contributed by atoms with Crippen molar-refractivity contribution in [2.45, 2.75) is 25.9 Å². The Morgan fingerprint density at radius 1 is 1.18 bits per heavy atom. The number of aryl methyl sites for hydroxylation is 1. The number of esters is 1. The molecule has 3 rings (SSSR count). The molecule has 2 aromatic heterocycles. The highest BCUT2D eigenvalue weighted by molar-refractivity contribution is 5.81. The molecule has 10 heteroatoms. The molecule has 3 N–H and O–H groups in total. The van der Waals surface area contributed by atoms with E-state index in [2.05, 4.69) is 20.3 Å². The van der Waals surface area contributed by atoms with E-state index in [0.717, 1.165) is 6.42 Å². The molecule has 0 aliphatic carbocycles. The zero-order chi connectivity index (χ0) is 19.9. The average molecular weight is 390 g/mol. The maximum Gasteiger partial charge on any atom is 0.319 e. The van der Waals surface area contributed by atoms with E-state index >= 15 is 0 Å². The fourth-order valence-electron chi connectivity index (χ4n) is 2.67. The fraction of sp³-hybridized carbons (Fsp3) is 0.333. The number of anilines is 1. The Morgan fingerprint density at radius 3 is 2.75 bits per heavy atom.